The van der Waals surface area contributed by atoms with Crippen LogP contribution in [0.5, 0.6) is 0 Å². The molecule has 0 aliphatic carbocycles. The lowest BCUT2D eigenvalue weighted by Gasteiger charge is -2.42. The molecule has 7 nitrogen and oxygen atoms in total. The molecule has 0 aliphatic heterocycles. The highest BCUT2D eigenvalue weighted by atomic mass is 19.4. The van der Waals surface area contributed by atoms with Crippen molar-refractivity contribution in [3.8, 4) is 0 Å². The molecule has 67 heavy (non-hydrogen) atoms. The number of hydrogen-bond donors (Lipinski definition) is 4. The van der Waals surface area contributed by atoms with E-state index in [2.05, 4.69) is 4.74 Å². The molecule has 0 fully saturated rings. The third-order valence-electron chi connectivity index (χ3n) is 8.32. The zero-order valence-electron chi connectivity index (χ0n) is 30.9. The van der Waals surface area contributed by atoms with Gasteiger partial charge in [0.05, 0.1) is 13.0 Å². The number of rotatable bonds is 23. The first kappa shape index (κ1) is 61.6. The Morgan fingerprint density at radius 3 is 0.896 bits per heavy atom. The number of esters is 1. The van der Waals surface area contributed by atoms with Gasteiger partial charge in [0.25, 0.3) is 0 Å². The topological polar surface area (TPSA) is 124 Å². The van der Waals surface area contributed by atoms with Crippen LogP contribution in [0.25, 0.3) is 0 Å². The second kappa shape index (κ2) is 17.8. The normalized spacial score (nSPS) is 18.5. The first-order valence-corrected chi connectivity index (χ1v) is 15.3. The molecule has 1 unspecified atom stereocenters. The summed E-state index contributed by atoms with van der Waals surface area (Å²) in [7, 11) is 0. The molecular weight excluding hydrogens is 1070 g/mol. The first-order chi connectivity index (χ1) is 29.1. The van der Waals surface area contributed by atoms with E-state index in [0.29, 0.717) is 0 Å². The fourth-order valence-corrected chi connectivity index (χ4v) is 4.08. The van der Waals surface area contributed by atoms with Gasteiger partial charge in [-0.3, -0.25) is 4.79 Å². The van der Waals surface area contributed by atoms with E-state index in [9.17, 15) is 179 Å². The molecule has 0 saturated carbocycles. The van der Waals surface area contributed by atoms with E-state index in [1.807, 2.05) is 0 Å². The Labute approximate surface area is 344 Å². The number of ketones is 1. The van der Waals surface area contributed by atoms with E-state index < -0.39 is 157 Å². The van der Waals surface area contributed by atoms with Gasteiger partial charge < -0.3 is 25.2 Å². The van der Waals surface area contributed by atoms with E-state index in [-0.39, 0.29) is 0 Å². The molecule has 0 rings (SSSR count). The van der Waals surface area contributed by atoms with Crippen molar-refractivity contribution in [1.82, 2.24) is 0 Å². The maximum absolute atomic E-state index is 14.3. The van der Waals surface area contributed by atoms with Crippen LogP contribution < -0.4 is 0 Å². The predicted molar refractivity (Wildman–Crippen MR) is 135 cm³/mol. The number of aliphatic hydroxyl groups is 4. The van der Waals surface area contributed by atoms with Crippen LogP contribution in [0.2, 0.25) is 0 Å². The Balaban J connectivity index is 6.31. The molecule has 0 amide bonds. The molecule has 0 aromatic heterocycles. The Morgan fingerprint density at radius 2 is 0.612 bits per heavy atom. The van der Waals surface area contributed by atoms with E-state index in [0.717, 1.165) is 0 Å². The largest absolute Gasteiger partial charge is 0.463 e. The fraction of sp³-hybridized carbons (Fsp3) is 0.923. The van der Waals surface area contributed by atoms with Crippen molar-refractivity contribution < 1.29 is 185 Å². The van der Waals surface area contributed by atoms with Crippen molar-refractivity contribution in [2.75, 3.05) is 6.61 Å². The van der Waals surface area contributed by atoms with Gasteiger partial charge in [0.15, 0.2) is 11.9 Å². The lowest BCUT2D eigenvalue weighted by molar-refractivity contribution is -0.461. The Morgan fingerprint density at radius 1 is 0.373 bits per heavy atom. The molecule has 400 valence electrons. The van der Waals surface area contributed by atoms with Gasteiger partial charge in [0, 0.05) is 14.2 Å². The molecule has 0 aromatic rings. The van der Waals surface area contributed by atoms with Gasteiger partial charge in [-0.15, -0.1) is 0 Å². The molecule has 41 heteroatoms. The Hall–Kier alpha value is -3.40. The predicted octanol–water partition coefficient (Wildman–Crippen LogP) is 8.73. The molecule has 0 aliphatic rings. The summed E-state index contributed by atoms with van der Waals surface area (Å²) in [5, 5.41) is 38.3. The Bertz CT molecular complexity index is 1790. The Kier molecular flexibility index (Phi) is 16.3. The number of carbonyl (C=O) groups excluding carboxylic acids is 2. The monoisotopic (exact) mass is 1090 g/mol. The minimum absolute atomic E-state index is 2.91. The smallest absolute Gasteiger partial charge is 0.460 e. The fourth-order valence-electron chi connectivity index (χ4n) is 4.08. The van der Waals surface area contributed by atoms with E-state index >= 15 is 0 Å². The van der Waals surface area contributed by atoms with Crippen LogP contribution in [-0.2, 0) is 14.3 Å². The van der Waals surface area contributed by atoms with Crippen LogP contribution in [0, 0.1) is 0 Å². The van der Waals surface area contributed by atoms with Crippen LogP contribution in [0.4, 0.5) is 149 Å². The van der Waals surface area contributed by atoms with Crippen molar-refractivity contribution in [2.24, 2.45) is 0 Å². The molecule has 0 spiro atoms. The maximum atomic E-state index is 14.3. The van der Waals surface area contributed by atoms with Gasteiger partial charge in [-0.2, -0.15) is 149 Å². The minimum Gasteiger partial charge on any atom is -0.463 e. The summed E-state index contributed by atoms with van der Waals surface area (Å²) in [5.41, 5.74) is 0. The van der Waals surface area contributed by atoms with Crippen molar-refractivity contribution in [3.63, 3.8) is 0 Å². The summed E-state index contributed by atoms with van der Waals surface area (Å²) in [6, 6.07) is 0. The quantitative estimate of drug-likeness (QED) is 0.0597. The number of carbonyl (C=O) groups is 2. The average Bonchev–Trinajstić information content (AvgIpc) is 3.14. The van der Waals surface area contributed by atoms with E-state index in [1.165, 1.54) is 0 Å². The minimum atomic E-state index is -9.18. The van der Waals surface area contributed by atoms with Crippen molar-refractivity contribution in [2.45, 2.75) is 139 Å². The highest BCUT2D eigenvalue weighted by molar-refractivity contribution is 5.84. The summed E-state index contributed by atoms with van der Waals surface area (Å²) in [5.74, 6) is -127. The lowest BCUT2D eigenvalue weighted by atomic mass is 9.87. The summed E-state index contributed by atoms with van der Waals surface area (Å²) in [6.45, 7) is -2.91. The summed E-state index contributed by atoms with van der Waals surface area (Å²) in [6.07, 6.45) is -44.0. The van der Waals surface area contributed by atoms with Crippen LogP contribution in [-0.4, -0.2) is 158 Å². The lowest BCUT2D eigenvalue weighted by Crippen LogP contribution is -2.74. The van der Waals surface area contributed by atoms with Crippen molar-refractivity contribution in [3.05, 3.63) is 0 Å². The summed E-state index contributed by atoms with van der Waals surface area (Å²) >= 11 is 0. The number of alkyl halides is 34. The van der Waals surface area contributed by atoms with Gasteiger partial charge in [0.2, 0.25) is 0 Å². The standard InChI is InChI=1S/C26H16F34O7/c27-11(28,13(31,32)15(35,36)17(39,40)19(43,44)21(47,48)23(51,52)25(55,56)57)2-1-5(61)6(62)7(63)8(64)9(65)10(66)67-4-3-12(29,30)14(33,34)16(37,38)18(41,42)20(45,46)22(49,50)24(53,54)26(58,59)60/h6-9,62-65H,1-4H2/t6-,7+,8+,9-/m0/s1/i2D/t2?,6-,7+,8+,9-. The number of halogens is 34. The molecule has 0 saturated heterocycles. The summed E-state index contributed by atoms with van der Waals surface area (Å²) in [4.78, 5) is 23.7. The van der Waals surface area contributed by atoms with E-state index in [1.54, 1.807) is 0 Å². The molecule has 0 radical (unpaired) electrons. The van der Waals surface area contributed by atoms with Crippen LogP contribution in [0.15, 0.2) is 0 Å². The molecule has 0 bridgehead atoms. The summed E-state index contributed by atoms with van der Waals surface area (Å²) < 4.78 is 465. The van der Waals surface area contributed by atoms with Crippen molar-refractivity contribution in [1.29, 1.82) is 0 Å². The van der Waals surface area contributed by atoms with Crippen LogP contribution in [0.3, 0.4) is 0 Å². The third-order valence-corrected chi connectivity index (χ3v) is 8.32. The molecule has 4 N–H and O–H groups in total. The molecule has 0 heterocycles. The zero-order chi connectivity index (χ0) is 55.9. The zero-order valence-corrected chi connectivity index (χ0v) is 29.9. The van der Waals surface area contributed by atoms with Crippen LogP contribution in [0.1, 0.15) is 20.6 Å². The van der Waals surface area contributed by atoms with Crippen molar-refractivity contribution >= 4 is 11.8 Å². The number of Topliss-reactive ketones (excluding diaryl/α,β-unsaturated/α-hetero) is 1. The molecule has 5 atom stereocenters. The van der Waals surface area contributed by atoms with Gasteiger partial charge >= 0.3 is 101 Å². The van der Waals surface area contributed by atoms with Gasteiger partial charge in [-0.1, -0.05) is 0 Å². The average molecular weight is 1090 g/mol. The second-order valence-corrected chi connectivity index (χ2v) is 12.9. The number of hydrogen-bond acceptors (Lipinski definition) is 7. The van der Waals surface area contributed by atoms with Gasteiger partial charge in [0.1, 0.15) is 18.3 Å². The molecular formula is C26H16F34O7. The SMILES string of the molecule is [2H]C(CC(=O)[C@H](O)[C@@H](O)[C@@H](O)[C@H](O)C(=O)OCCC(F)(F)C(F)(F)C(F)(F)C(F)(F)C(F)(F)C(F)(F)C(F)(F)C(F)(F)F)C(F)(F)C(F)(F)C(F)(F)C(F)(F)C(F)(F)C(F)(F)C(F)(F)C(F)(F)F. The van der Waals surface area contributed by atoms with Gasteiger partial charge in [-0.25, -0.2) is 4.79 Å². The number of aliphatic hydroxyl groups excluding tert-OH is 4. The molecule has 0 aromatic carbocycles. The third kappa shape index (κ3) is 9.50. The van der Waals surface area contributed by atoms with E-state index in [4.69, 9.17) is 1.37 Å². The second-order valence-electron chi connectivity index (χ2n) is 12.9. The van der Waals surface area contributed by atoms with Crippen LogP contribution >= 0.6 is 0 Å². The number of ether oxygens (including phenoxy) is 1. The highest BCUT2D eigenvalue weighted by Gasteiger charge is 2.97. The highest BCUT2D eigenvalue weighted by Crippen LogP contribution is 2.66. The maximum Gasteiger partial charge on any atom is 0.460 e. The first-order valence-electron chi connectivity index (χ1n) is 15.9. The van der Waals surface area contributed by atoms with Gasteiger partial charge in [-0.05, 0) is 0 Å².